The Morgan fingerprint density at radius 3 is 2.00 bits per heavy atom. The monoisotopic (exact) mass is 197 g/mol. The molecule has 0 aliphatic heterocycles. The van der Waals surface area contributed by atoms with E-state index in [1.165, 1.54) is 19.3 Å². The molecule has 1 nitrogen and oxygen atoms in total. The molecule has 1 heteroatoms. The van der Waals surface area contributed by atoms with Crippen molar-refractivity contribution in [2.75, 3.05) is 0 Å². The first kappa shape index (κ1) is 12.0. The van der Waals surface area contributed by atoms with Crippen LogP contribution in [0.15, 0.2) is 0 Å². The van der Waals surface area contributed by atoms with E-state index in [-0.39, 0.29) is 5.54 Å². The van der Waals surface area contributed by atoms with Crippen molar-refractivity contribution in [3.63, 3.8) is 0 Å². The van der Waals surface area contributed by atoms with Gasteiger partial charge in [0, 0.05) is 5.54 Å². The number of hydrogen-bond acceptors (Lipinski definition) is 1. The quantitative estimate of drug-likeness (QED) is 0.732. The molecule has 1 aliphatic carbocycles. The molecular formula is C13H27N. The zero-order chi connectivity index (χ0) is 11.0. The van der Waals surface area contributed by atoms with Crippen molar-refractivity contribution in [3.05, 3.63) is 0 Å². The summed E-state index contributed by atoms with van der Waals surface area (Å²) in [7, 11) is 0. The van der Waals surface area contributed by atoms with Gasteiger partial charge in [-0.1, -0.05) is 27.7 Å². The van der Waals surface area contributed by atoms with Crippen molar-refractivity contribution < 1.29 is 0 Å². The average molecular weight is 197 g/mol. The van der Waals surface area contributed by atoms with Crippen LogP contribution in [0.2, 0.25) is 0 Å². The Morgan fingerprint density at radius 1 is 1.21 bits per heavy atom. The van der Waals surface area contributed by atoms with Gasteiger partial charge in [-0.05, 0) is 49.9 Å². The standard InChI is InChI=1S/C13H27N/c1-6-13(5,14)9-11(10-7-8-10)12(2,3)4/h10-11H,6-9,14H2,1-5H3. The minimum atomic E-state index is 0.0422. The van der Waals surface area contributed by atoms with Gasteiger partial charge in [-0.3, -0.25) is 0 Å². The second kappa shape index (κ2) is 3.84. The summed E-state index contributed by atoms with van der Waals surface area (Å²) in [6, 6.07) is 0. The first-order valence-electron chi connectivity index (χ1n) is 6.05. The summed E-state index contributed by atoms with van der Waals surface area (Å²) in [5, 5.41) is 0. The first-order chi connectivity index (χ1) is 6.26. The maximum Gasteiger partial charge on any atom is 0.0126 e. The van der Waals surface area contributed by atoms with Crippen LogP contribution in [0.3, 0.4) is 0 Å². The van der Waals surface area contributed by atoms with Crippen LogP contribution >= 0.6 is 0 Å². The summed E-state index contributed by atoms with van der Waals surface area (Å²) in [6.45, 7) is 11.5. The van der Waals surface area contributed by atoms with Gasteiger partial charge in [0.1, 0.15) is 0 Å². The normalized spacial score (nSPS) is 24.4. The second-order valence-electron chi connectivity index (χ2n) is 6.52. The van der Waals surface area contributed by atoms with Crippen molar-refractivity contribution in [2.24, 2.45) is 23.0 Å². The maximum atomic E-state index is 6.28. The SMILES string of the molecule is CCC(C)(N)CC(C1CC1)C(C)(C)C. The highest BCUT2D eigenvalue weighted by molar-refractivity contribution is 4.93. The van der Waals surface area contributed by atoms with Crippen LogP contribution in [-0.2, 0) is 0 Å². The van der Waals surface area contributed by atoms with Crippen molar-refractivity contribution in [3.8, 4) is 0 Å². The van der Waals surface area contributed by atoms with Gasteiger partial charge in [0.15, 0.2) is 0 Å². The molecule has 2 atom stereocenters. The van der Waals surface area contributed by atoms with Crippen molar-refractivity contribution in [1.29, 1.82) is 0 Å². The molecule has 0 radical (unpaired) electrons. The minimum Gasteiger partial charge on any atom is -0.325 e. The van der Waals surface area contributed by atoms with Crippen LogP contribution in [0.25, 0.3) is 0 Å². The van der Waals surface area contributed by atoms with Crippen LogP contribution in [-0.4, -0.2) is 5.54 Å². The van der Waals surface area contributed by atoms with E-state index >= 15 is 0 Å². The Hall–Kier alpha value is -0.0400. The molecule has 1 aliphatic rings. The van der Waals surface area contributed by atoms with E-state index < -0.39 is 0 Å². The fourth-order valence-corrected chi connectivity index (χ4v) is 2.33. The summed E-state index contributed by atoms with van der Waals surface area (Å²) in [5.41, 5.74) is 6.75. The summed E-state index contributed by atoms with van der Waals surface area (Å²) < 4.78 is 0. The lowest BCUT2D eigenvalue weighted by Gasteiger charge is -2.37. The first-order valence-corrected chi connectivity index (χ1v) is 6.05. The molecule has 0 aromatic carbocycles. The largest absolute Gasteiger partial charge is 0.325 e. The molecular weight excluding hydrogens is 170 g/mol. The molecule has 0 heterocycles. The lowest BCUT2D eigenvalue weighted by Crippen LogP contribution is -2.41. The van der Waals surface area contributed by atoms with E-state index in [1.807, 2.05) is 0 Å². The third kappa shape index (κ3) is 3.27. The van der Waals surface area contributed by atoms with Crippen molar-refractivity contribution >= 4 is 0 Å². The van der Waals surface area contributed by atoms with Crippen LogP contribution < -0.4 is 5.73 Å². The molecule has 1 rings (SSSR count). The minimum absolute atomic E-state index is 0.0422. The summed E-state index contributed by atoms with van der Waals surface area (Å²) >= 11 is 0. The predicted octanol–water partition coefficient (Wildman–Crippen LogP) is 3.58. The predicted molar refractivity (Wildman–Crippen MR) is 63.2 cm³/mol. The molecule has 2 unspecified atom stereocenters. The van der Waals surface area contributed by atoms with Gasteiger partial charge in [0.25, 0.3) is 0 Å². The highest BCUT2D eigenvalue weighted by Gasteiger charge is 2.40. The van der Waals surface area contributed by atoms with E-state index in [2.05, 4.69) is 34.6 Å². The zero-order valence-electron chi connectivity index (χ0n) is 10.6. The Morgan fingerprint density at radius 2 is 1.71 bits per heavy atom. The fourth-order valence-electron chi connectivity index (χ4n) is 2.33. The van der Waals surface area contributed by atoms with Crippen molar-refractivity contribution in [2.45, 2.75) is 65.8 Å². The Bertz CT molecular complexity index is 184. The molecule has 14 heavy (non-hydrogen) atoms. The molecule has 84 valence electrons. The fraction of sp³-hybridized carbons (Fsp3) is 1.00. The van der Waals surface area contributed by atoms with Gasteiger partial charge in [0.2, 0.25) is 0 Å². The Kier molecular flexibility index (Phi) is 3.30. The molecule has 0 aromatic heterocycles. The van der Waals surface area contributed by atoms with Crippen LogP contribution in [0.1, 0.15) is 60.3 Å². The second-order valence-corrected chi connectivity index (χ2v) is 6.52. The summed E-state index contributed by atoms with van der Waals surface area (Å²) in [6.07, 6.45) is 5.15. The Labute approximate surface area is 89.5 Å². The molecule has 1 fully saturated rings. The van der Waals surface area contributed by atoms with E-state index in [0.29, 0.717) is 5.41 Å². The van der Waals surface area contributed by atoms with E-state index in [1.54, 1.807) is 0 Å². The topological polar surface area (TPSA) is 26.0 Å². The van der Waals surface area contributed by atoms with E-state index in [0.717, 1.165) is 18.3 Å². The third-order valence-corrected chi connectivity index (χ3v) is 3.80. The Balaban J connectivity index is 2.60. The highest BCUT2D eigenvalue weighted by Crippen LogP contribution is 2.48. The molecule has 1 saturated carbocycles. The highest BCUT2D eigenvalue weighted by atomic mass is 14.7. The van der Waals surface area contributed by atoms with Crippen LogP contribution in [0, 0.1) is 17.3 Å². The van der Waals surface area contributed by atoms with Gasteiger partial charge in [-0.25, -0.2) is 0 Å². The summed E-state index contributed by atoms with van der Waals surface area (Å²) in [5.74, 6) is 1.78. The molecule has 0 saturated heterocycles. The van der Waals surface area contributed by atoms with Crippen LogP contribution in [0.5, 0.6) is 0 Å². The van der Waals surface area contributed by atoms with Gasteiger partial charge in [-0.2, -0.15) is 0 Å². The van der Waals surface area contributed by atoms with Gasteiger partial charge >= 0.3 is 0 Å². The van der Waals surface area contributed by atoms with E-state index in [9.17, 15) is 0 Å². The van der Waals surface area contributed by atoms with Gasteiger partial charge in [0.05, 0.1) is 0 Å². The molecule has 0 amide bonds. The van der Waals surface area contributed by atoms with Gasteiger partial charge < -0.3 is 5.73 Å². The smallest absolute Gasteiger partial charge is 0.0126 e. The lowest BCUT2D eigenvalue weighted by atomic mass is 9.71. The molecule has 0 bridgehead atoms. The average Bonchev–Trinajstić information content (AvgIpc) is 2.81. The molecule has 0 spiro atoms. The zero-order valence-corrected chi connectivity index (χ0v) is 10.6. The lowest BCUT2D eigenvalue weighted by molar-refractivity contribution is 0.159. The number of rotatable bonds is 4. The number of nitrogens with two attached hydrogens (primary N) is 1. The molecule has 0 aromatic rings. The van der Waals surface area contributed by atoms with Gasteiger partial charge in [-0.15, -0.1) is 0 Å². The third-order valence-electron chi connectivity index (χ3n) is 3.80. The summed E-state index contributed by atoms with van der Waals surface area (Å²) in [4.78, 5) is 0. The van der Waals surface area contributed by atoms with E-state index in [4.69, 9.17) is 5.73 Å². The maximum absolute atomic E-state index is 6.28. The number of hydrogen-bond donors (Lipinski definition) is 1. The van der Waals surface area contributed by atoms with Crippen molar-refractivity contribution in [1.82, 2.24) is 0 Å². The van der Waals surface area contributed by atoms with Crippen LogP contribution in [0.4, 0.5) is 0 Å². The molecule has 2 N–H and O–H groups in total.